The smallest absolute Gasteiger partial charge is 0.234 e. The summed E-state index contributed by atoms with van der Waals surface area (Å²) in [5, 5.41) is 10.9. The number of halogens is 2. The molecule has 0 spiro atoms. The molecule has 3 aromatic rings. The van der Waals surface area contributed by atoms with Crippen molar-refractivity contribution in [3.05, 3.63) is 57.1 Å². The fourth-order valence-corrected chi connectivity index (χ4v) is 3.13. The third-order valence-corrected chi connectivity index (χ3v) is 4.95. The molecule has 24 heavy (non-hydrogen) atoms. The van der Waals surface area contributed by atoms with Crippen LogP contribution < -0.4 is 5.32 Å². The Bertz CT molecular complexity index is 853. The van der Waals surface area contributed by atoms with Crippen LogP contribution in [0.1, 0.15) is 0 Å². The van der Waals surface area contributed by atoms with Crippen molar-refractivity contribution >= 4 is 57.5 Å². The minimum atomic E-state index is -0.106. The predicted octanol–water partition coefficient (Wildman–Crippen LogP) is 4.46. The van der Waals surface area contributed by atoms with E-state index >= 15 is 0 Å². The van der Waals surface area contributed by atoms with E-state index in [1.165, 1.54) is 11.8 Å². The Hall–Kier alpha value is -1.58. The molecule has 0 atom stereocenters. The van der Waals surface area contributed by atoms with E-state index in [0.29, 0.717) is 16.0 Å². The highest BCUT2D eigenvalue weighted by Gasteiger charge is 2.11. The van der Waals surface area contributed by atoms with Crippen LogP contribution in [0.4, 0.5) is 5.69 Å². The summed E-state index contributed by atoms with van der Waals surface area (Å²) in [7, 11) is 0. The first-order chi connectivity index (χ1) is 11.6. The van der Waals surface area contributed by atoms with E-state index < -0.39 is 0 Å². The number of nitrogens with zero attached hydrogens (tertiary/aromatic N) is 2. The molecule has 0 aliphatic carbocycles. The number of H-pyrrole nitrogens is 1. The third-order valence-electron chi connectivity index (χ3n) is 3.05. The van der Waals surface area contributed by atoms with Gasteiger partial charge in [0, 0.05) is 14.8 Å². The quantitative estimate of drug-likeness (QED) is 0.427. The van der Waals surface area contributed by atoms with Crippen LogP contribution >= 0.6 is 46.0 Å². The van der Waals surface area contributed by atoms with Gasteiger partial charge in [-0.05, 0) is 59.0 Å². The number of amides is 1. The average molecular weight is 471 g/mol. The van der Waals surface area contributed by atoms with Gasteiger partial charge < -0.3 is 5.32 Å². The first-order valence-electron chi connectivity index (χ1n) is 6.97. The van der Waals surface area contributed by atoms with Gasteiger partial charge in [-0.2, -0.15) is 0 Å². The van der Waals surface area contributed by atoms with E-state index in [0.717, 1.165) is 14.8 Å². The van der Waals surface area contributed by atoms with Crippen LogP contribution in [0.2, 0.25) is 5.02 Å². The van der Waals surface area contributed by atoms with Gasteiger partial charge in [0.1, 0.15) is 0 Å². The standard InChI is InChI=1S/C16H12ClIN4OS/c17-13-4-2-1-3-12(13)15-20-16(22-21-15)24-9-14(23)19-11-7-5-10(18)6-8-11/h1-8H,9H2,(H,19,23)(H,20,21,22). The molecule has 8 heteroatoms. The molecule has 0 fully saturated rings. The largest absolute Gasteiger partial charge is 0.325 e. The van der Waals surface area contributed by atoms with E-state index in [1.54, 1.807) is 6.07 Å². The number of hydrogen-bond donors (Lipinski definition) is 2. The molecule has 0 bridgehead atoms. The Morgan fingerprint density at radius 3 is 2.71 bits per heavy atom. The molecule has 2 aromatic carbocycles. The van der Waals surface area contributed by atoms with Gasteiger partial charge in [-0.1, -0.05) is 35.5 Å². The molecule has 0 saturated heterocycles. The Kier molecular flexibility index (Phi) is 5.75. The summed E-state index contributed by atoms with van der Waals surface area (Å²) in [6.45, 7) is 0. The molecule has 5 nitrogen and oxygen atoms in total. The summed E-state index contributed by atoms with van der Waals surface area (Å²) < 4.78 is 1.12. The van der Waals surface area contributed by atoms with E-state index in [2.05, 4.69) is 43.1 Å². The fraction of sp³-hybridized carbons (Fsp3) is 0.0625. The number of benzene rings is 2. The number of aromatic nitrogens is 3. The summed E-state index contributed by atoms with van der Waals surface area (Å²) in [4.78, 5) is 16.3. The van der Waals surface area contributed by atoms with Crippen molar-refractivity contribution in [3.8, 4) is 11.4 Å². The zero-order valence-electron chi connectivity index (χ0n) is 12.3. The molecule has 2 N–H and O–H groups in total. The van der Waals surface area contributed by atoms with Gasteiger partial charge >= 0.3 is 0 Å². The van der Waals surface area contributed by atoms with Gasteiger partial charge in [0.25, 0.3) is 0 Å². The molecular formula is C16H12ClIN4OS. The van der Waals surface area contributed by atoms with E-state index in [1.807, 2.05) is 42.5 Å². The number of carbonyl (C=O) groups excluding carboxylic acids is 1. The number of thioether (sulfide) groups is 1. The topological polar surface area (TPSA) is 70.7 Å². The zero-order valence-corrected chi connectivity index (χ0v) is 16.0. The maximum Gasteiger partial charge on any atom is 0.234 e. The molecule has 1 amide bonds. The van der Waals surface area contributed by atoms with Crippen LogP contribution in [0.3, 0.4) is 0 Å². The Labute approximate surface area is 161 Å². The maximum absolute atomic E-state index is 12.0. The van der Waals surface area contributed by atoms with Crippen molar-refractivity contribution in [2.75, 3.05) is 11.1 Å². The fourth-order valence-electron chi connectivity index (χ4n) is 1.95. The minimum absolute atomic E-state index is 0.106. The monoisotopic (exact) mass is 470 g/mol. The first kappa shape index (κ1) is 17.2. The summed E-state index contributed by atoms with van der Waals surface area (Å²) in [5.74, 6) is 0.706. The predicted molar refractivity (Wildman–Crippen MR) is 105 cm³/mol. The van der Waals surface area contributed by atoms with Crippen molar-refractivity contribution in [2.45, 2.75) is 5.16 Å². The molecular weight excluding hydrogens is 459 g/mol. The lowest BCUT2D eigenvalue weighted by atomic mass is 10.2. The highest BCUT2D eigenvalue weighted by molar-refractivity contribution is 14.1. The molecule has 1 heterocycles. The summed E-state index contributed by atoms with van der Waals surface area (Å²) in [6, 6.07) is 15.0. The second-order valence-corrected chi connectivity index (χ2v) is 7.39. The summed E-state index contributed by atoms with van der Waals surface area (Å²) in [6.07, 6.45) is 0. The first-order valence-corrected chi connectivity index (χ1v) is 9.41. The lowest BCUT2D eigenvalue weighted by molar-refractivity contribution is -0.113. The minimum Gasteiger partial charge on any atom is -0.325 e. The van der Waals surface area contributed by atoms with Gasteiger partial charge in [0.15, 0.2) is 5.82 Å². The molecule has 0 aliphatic heterocycles. The van der Waals surface area contributed by atoms with Crippen LogP contribution in [-0.4, -0.2) is 26.8 Å². The molecule has 0 radical (unpaired) electrons. The summed E-state index contributed by atoms with van der Waals surface area (Å²) in [5.41, 5.74) is 1.55. The highest BCUT2D eigenvalue weighted by Crippen LogP contribution is 2.26. The Balaban J connectivity index is 1.58. The zero-order chi connectivity index (χ0) is 16.9. The van der Waals surface area contributed by atoms with Crippen LogP contribution in [0.25, 0.3) is 11.4 Å². The Morgan fingerprint density at radius 2 is 1.96 bits per heavy atom. The van der Waals surface area contributed by atoms with Gasteiger partial charge in [0.05, 0.1) is 10.8 Å². The highest BCUT2D eigenvalue weighted by atomic mass is 127. The van der Waals surface area contributed by atoms with Gasteiger partial charge in [-0.25, -0.2) is 4.98 Å². The SMILES string of the molecule is O=C(CSc1n[nH]c(-c2ccccc2Cl)n1)Nc1ccc(I)cc1. The van der Waals surface area contributed by atoms with Gasteiger partial charge in [-0.15, -0.1) is 5.10 Å². The third kappa shape index (κ3) is 4.49. The number of carbonyl (C=O) groups is 1. The molecule has 122 valence electrons. The van der Waals surface area contributed by atoms with Crippen LogP contribution in [0, 0.1) is 3.57 Å². The van der Waals surface area contributed by atoms with Crippen molar-refractivity contribution in [2.24, 2.45) is 0 Å². The number of nitrogens with one attached hydrogen (secondary N) is 2. The van der Waals surface area contributed by atoms with Crippen LogP contribution in [0.5, 0.6) is 0 Å². The normalized spacial score (nSPS) is 10.6. The molecule has 3 rings (SSSR count). The van der Waals surface area contributed by atoms with E-state index in [-0.39, 0.29) is 11.7 Å². The van der Waals surface area contributed by atoms with Gasteiger partial charge in [-0.3, -0.25) is 9.89 Å². The van der Waals surface area contributed by atoms with Crippen molar-refractivity contribution < 1.29 is 4.79 Å². The molecule has 0 aliphatic rings. The maximum atomic E-state index is 12.0. The molecule has 1 aromatic heterocycles. The van der Waals surface area contributed by atoms with Crippen molar-refractivity contribution in [3.63, 3.8) is 0 Å². The second-order valence-electron chi connectivity index (χ2n) is 4.79. The molecule has 0 unspecified atom stereocenters. The van der Waals surface area contributed by atoms with E-state index in [9.17, 15) is 4.79 Å². The van der Waals surface area contributed by atoms with Crippen LogP contribution in [0.15, 0.2) is 53.7 Å². The lowest BCUT2D eigenvalue weighted by Gasteiger charge is -2.03. The Morgan fingerprint density at radius 1 is 1.21 bits per heavy atom. The number of rotatable bonds is 5. The van der Waals surface area contributed by atoms with E-state index in [4.69, 9.17) is 11.6 Å². The van der Waals surface area contributed by atoms with Crippen LogP contribution in [-0.2, 0) is 4.79 Å². The lowest BCUT2D eigenvalue weighted by Crippen LogP contribution is -2.14. The van der Waals surface area contributed by atoms with Gasteiger partial charge in [0.2, 0.25) is 11.1 Å². The number of hydrogen-bond acceptors (Lipinski definition) is 4. The summed E-state index contributed by atoms with van der Waals surface area (Å²) >= 11 is 9.62. The number of aromatic amines is 1. The average Bonchev–Trinajstić information content (AvgIpc) is 3.04. The second kappa shape index (κ2) is 8.00. The van der Waals surface area contributed by atoms with Crippen molar-refractivity contribution in [1.29, 1.82) is 0 Å². The van der Waals surface area contributed by atoms with Crippen molar-refractivity contribution in [1.82, 2.24) is 15.2 Å². The molecule has 0 saturated carbocycles. The number of anilines is 1.